The van der Waals surface area contributed by atoms with Gasteiger partial charge in [-0.15, -0.1) is 0 Å². The van der Waals surface area contributed by atoms with Crippen molar-refractivity contribution in [3.05, 3.63) is 24.3 Å². The number of likely N-dealkylation sites (tertiary alicyclic amines) is 1. The Bertz CT molecular complexity index is 676. The zero-order valence-corrected chi connectivity index (χ0v) is 15.6. The first kappa shape index (κ1) is 19.3. The molecular weight excluding hydrogens is 348 g/mol. The second-order valence-electron chi connectivity index (χ2n) is 7.15. The number of carbonyl (C=O) groups is 3. The van der Waals surface area contributed by atoms with E-state index in [-0.39, 0.29) is 17.5 Å². The van der Waals surface area contributed by atoms with Crippen molar-refractivity contribution < 1.29 is 19.1 Å². The van der Waals surface area contributed by atoms with E-state index in [2.05, 4.69) is 15.3 Å². The van der Waals surface area contributed by atoms with Gasteiger partial charge in [0.2, 0.25) is 5.91 Å². The Hall–Kier alpha value is -2.51. The zero-order chi connectivity index (χ0) is 19.2. The fourth-order valence-electron chi connectivity index (χ4n) is 4.07. The summed E-state index contributed by atoms with van der Waals surface area (Å²) in [5.41, 5.74) is 0.178. The first-order chi connectivity index (χ1) is 13.1. The quantitative estimate of drug-likeness (QED) is 0.780. The van der Waals surface area contributed by atoms with Crippen molar-refractivity contribution in [3.8, 4) is 0 Å². The summed E-state index contributed by atoms with van der Waals surface area (Å²) >= 11 is 0. The molecule has 0 bridgehead atoms. The lowest BCUT2D eigenvalue weighted by Gasteiger charge is -2.34. The second-order valence-corrected chi connectivity index (χ2v) is 7.15. The number of nitrogens with one attached hydrogen (secondary N) is 1. The summed E-state index contributed by atoms with van der Waals surface area (Å²) in [5, 5.41) is 2.87. The average molecular weight is 374 g/mol. The monoisotopic (exact) mass is 374 g/mol. The number of aromatic nitrogens is 2. The number of hydrogen-bond acceptors (Lipinski definition) is 6. The van der Waals surface area contributed by atoms with Crippen LogP contribution in [-0.4, -0.2) is 58.4 Å². The number of carbonyl (C=O) groups excluding carboxylic acids is 3. The van der Waals surface area contributed by atoms with Gasteiger partial charge in [0.05, 0.1) is 13.3 Å². The van der Waals surface area contributed by atoms with Gasteiger partial charge in [0, 0.05) is 18.9 Å². The van der Waals surface area contributed by atoms with E-state index in [9.17, 15) is 14.4 Å². The van der Waals surface area contributed by atoms with Crippen molar-refractivity contribution in [2.45, 2.75) is 57.0 Å². The molecule has 1 aromatic heterocycles. The van der Waals surface area contributed by atoms with Crippen LogP contribution in [0, 0.1) is 5.92 Å². The molecule has 2 heterocycles. The minimum absolute atomic E-state index is 0.0609. The van der Waals surface area contributed by atoms with E-state index in [1.54, 1.807) is 4.90 Å². The molecule has 0 radical (unpaired) electrons. The lowest BCUT2D eigenvalue weighted by molar-refractivity contribution is -0.152. The molecule has 2 fully saturated rings. The first-order valence-electron chi connectivity index (χ1n) is 9.57. The molecule has 1 unspecified atom stereocenters. The van der Waals surface area contributed by atoms with Crippen molar-refractivity contribution in [3.63, 3.8) is 0 Å². The summed E-state index contributed by atoms with van der Waals surface area (Å²) in [5.74, 6) is -0.956. The molecule has 8 nitrogen and oxygen atoms in total. The summed E-state index contributed by atoms with van der Waals surface area (Å²) in [6.45, 7) is 0.503. The van der Waals surface area contributed by atoms with E-state index in [0.717, 1.165) is 38.5 Å². The van der Waals surface area contributed by atoms with Crippen LogP contribution in [0.3, 0.4) is 0 Å². The summed E-state index contributed by atoms with van der Waals surface area (Å²) in [7, 11) is 1.33. The van der Waals surface area contributed by atoms with Gasteiger partial charge in [-0.05, 0) is 31.6 Å². The third-order valence-electron chi connectivity index (χ3n) is 5.48. The Kier molecular flexibility index (Phi) is 6.36. The lowest BCUT2D eigenvalue weighted by atomic mass is 9.83. The molecule has 2 aliphatic rings. The van der Waals surface area contributed by atoms with Gasteiger partial charge in [0.1, 0.15) is 17.8 Å². The Morgan fingerprint density at radius 2 is 1.93 bits per heavy atom. The maximum Gasteiger partial charge on any atom is 0.328 e. The van der Waals surface area contributed by atoms with Gasteiger partial charge in [-0.3, -0.25) is 14.6 Å². The number of ether oxygens (including phenoxy) is 1. The molecule has 2 amide bonds. The largest absolute Gasteiger partial charge is 0.467 e. The van der Waals surface area contributed by atoms with Gasteiger partial charge in [-0.2, -0.15) is 0 Å². The predicted molar refractivity (Wildman–Crippen MR) is 96.6 cm³/mol. The highest BCUT2D eigenvalue weighted by Gasteiger charge is 2.41. The first-order valence-corrected chi connectivity index (χ1v) is 9.57. The van der Waals surface area contributed by atoms with Crippen LogP contribution in [-0.2, 0) is 14.3 Å². The highest BCUT2D eigenvalue weighted by molar-refractivity contribution is 5.97. The number of rotatable bonds is 5. The average Bonchev–Trinajstić information content (AvgIpc) is 3.22. The van der Waals surface area contributed by atoms with Crippen LogP contribution >= 0.6 is 0 Å². The van der Waals surface area contributed by atoms with Crippen molar-refractivity contribution in [2.24, 2.45) is 5.92 Å². The van der Waals surface area contributed by atoms with Crippen LogP contribution in [0.5, 0.6) is 0 Å². The maximum absolute atomic E-state index is 13.3. The lowest BCUT2D eigenvalue weighted by Crippen LogP contribution is -2.55. The van der Waals surface area contributed by atoms with Crippen molar-refractivity contribution in [1.82, 2.24) is 20.2 Å². The summed E-state index contributed by atoms with van der Waals surface area (Å²) in [4.78, 5) is 47.5. The molecule has 1 aromatic rings. The number of hydrogen-bond donors (Lipinski definition) is 1. The van der Waals surface area contributed by atoms with Crippen LogP contribution in [0.4, 0.5) is 0 Å². The van der Waals surface area contributed by atoms with Crippen molar-refractivity contribution in [1.29, 1.82) is 0 Å². The number of esters is 1. The third-order valence-corrected chi connectivity index (χ3v) is 5.48. The molecule has 1 aliphatic heterocycles. The summed E-state index contributed by atoms with van der Waals surface area (Å²) < 4.78 is 4.85. The van der Waals surface area contributed by atoms with Crippen LogP contribution in [0.2, 0.25) is 0 Å². The zero-order valence-electron chi connectivity index (χ0n) is 15.6. The van der Waals surface area contributed by atoms with E-state index in [4.69, 9.17) is 4.74 Å². The Morgan fingerprint density at radius 3 is 2.59 bits per heavy atom. The van der Waals surface area contributed by atoms with Crippen LogP contribution in [0.15, 0.2) is 18.6 Å². The highest BCUT2D eigenvalue weighted by Crippen LogP contribution is 2.29. The molecule has 1 saturated carbocycles. The van der Waals surface area contributed by atoms with Crippen molar-refractivity contribution >= 4 is 17.8 Å². The molecule has 3 rings (SSSR count). The van der Waals surface area contributed by atoms with Gasteiger partial charge >= 0.3 is 5.97 Å². The topological polar surface area (TPSA) is 101 Å². The molecule has 1 N–H and O–H groups in total. The van der Waals surface area contributed by atoms with E-state index >= 15 is 0 Å². The van der Waals surface area contributed by atoms with Crippen LogP contribution < -0.4 is 5.32 Å². The van der Waals surface area contributed by atoms with Gasteiger partial charge < -0.3 is 15.0 Å². The van der Waals surface area contributed by atoms with E-state index in [0.29, 0.717) is 13.0 Å². The van der Waals surface area contributed by atoms with Gasteiger partial charge in [0.15, 0.2) is 0 Å². The predicted octanol–water partition coefficient (Wildman–Crippen LogP) is 1.32. The molecule has 1 saturated heterocycles. The maximum atomic E-state index is 13.3. The third kappa shape index (κ3) is 4.43. The number of nitrogens with zero attached hydrogens (tertiary/aromatic N) is 3. The van der Waals surface area contributed by atoms with Gasteiger partial charge in [-0.1, -0.05) is 19.3 Å². The van der Waals surface area contributed by atoms with Gasteiger partial charge in [0.25, 0.3) is 5.91 Å². The molecule has 2 atom stereocenters. The normalized spacial score (nSPS) is 21.5. The molecule has 27 heavy (non-hydrogen) atoms. The van der Waals surface area contributed by atoms with Crippen LogP contribution in [0.1, 0.15) is 55.4 Å². The number of methoxy groups -OCH3 is 1. The minimum Gasteiger partial charge on any atom is -0.467 e. The van der Waals surface area contributed by atoms with E-state index in [1.807, 2.05) is 0 Å². The van der Waals surface area contributed by atoms with Gasteiger partial charge in [-0.25, -0.2) is 9.78 Å². The fraction of sp³-hybridized carbons (Fsp3) is 0.632. The molecule has 146 valence electrons. The molecule has 1 aliphatic carbocycles. The molecule has 8 heteroatoms. The highest BCUT2D eigenvalue weighted by atomic mass is 16.5. The Morgan fingerprint density at radius 1 is 1.15 bits per heavy atom. The Labute approximate surface area is 158 Å². The smallest absolute Gasteiger partial charge is 0.328 e. The minimum atomic E-state index is -0.662. The van der Waals surface area contributed by atoms with E-state index in [1.165, 1.54) is 25.7 Å². The Balaban J connectivity index is 1.79. The fourth-order valence-corrected chi connectivity index (χ4v) is 4.07. The van der Waals surface area contributed by atoms with E-state index < -0.39 is 24.0 Å². The standard InChI is InChI=1S/C19H26N4O4/c1-27-19(26)15-8-5-11-23(15)18(25)16(13-6-3-2-4-7-13)22-17(24)14-12-20-9-10-21-14/h9-10,12-13,15-16H,2-8,11H2,1H3,(H,22,24)/t15?,16-/m0/s1. The molecular formula is C19H26N4O4. The van der Waals surface area contributed by atoms with Crippen LogP contribution in [0.25, 0.3) is 0 Å². The summed E-state index contributed by atoms with van der Waals surface area (Å²) in [6, 6.07) is -1.23. The SMILES string of the molecule is COC(=O)C1CCCN1C(=O)[C@@H](NC(=O)c1cnccn1)C1CCCCC1. The number of amides is 2. The second kappa shape index (κ2) is 8.92. The van der Waals surface area contributed by atoms with Crippen molar-refractivity contribution in [2.75, 3.05) is 13.7 Å². The molecule has 0 spiro atoms. The molecule has 0 aromatic carbocycles. The summed E-state index contributed by atoms with van der Waals surface area (Å²) in [6.07, 6.45) is 10.6.